The molecule has 0 fully saturated rings. The highest BCUT2D eigenvalue weighted by molar-refractivity contribution is 9.10. The zero-order valence-electron chi connectivity index (χ0n) is 12.6. The molecule has 3 aromatic rings. The number of aliphatic hydroxyl groups excluding tert-OH is 1. The Morgan fingerprint density at radius 3 is 2.75 bits per heavy atom. The van der Waals surface area contributed by atoms with Crippen LogP contribution < -0.4 is 4.90 Å². The molecule has 0 saturated carbocycles. The van der Waals surface area contributed by atoms with Gasteiger partial charge in [0.05, 0.1) is 34.4 Å². The van der Waals surface area contributed by atoms with Crippen LogP contribution in [0.5, 0.6) is 0 Å². The minimum absolute atomic E-state index is 0.162. The number of halogens is 1. The number of amides is 1. The molecule has 7 heteroatoms. The number of pyridine rings is 1. The first-order chi connectivity index (χ1) is 11.6. The molecule has 1 N–H and O–H groups in total. The number of aromatic nitrogens is 2. The highest BCUT2D eigenvalue weighted by atomic mass is 79.9. The summed E-state index contributed by atoms with van der Waals surface area (Å²) >= 11 is 3.40. The molecule has 0 aliphatic rings. The van der Waals surface area contributed by atoms with Gasteiger partial charge in [-0.3, -0.25) is 4.79 Å². The van der Waals surface area contributed by atoms with E-state index in [-0.39, 0.29) is 19.1 Å². The number of anilines is 1. The second-order valence-corrected chi connectivity index (χ2v) is 5.93. The van der Waals surface area contributed by atoms with Gasteiger partial charge in [0.15, 0.2) is 0 Å². The van der Waals surface area contributed by atoms with Crippen molar-refractivity contribution in [3.8, 4) is 6.07 Å². The molecule has 6 nitrogen and oxygen atoms in total. The summed E-state index contributed by atoms with van der Waals surface area (Å²) < 4.78 is 2.46. The molecule has 1 aromatic carbocycles. The van der Waals surface area contributed by atoms with Crippen LogP contribution in [0.3, 0.4) is 0 Å². The maximum Gasteiger partial charge on any atom is 0.258 e. The van der Waals surface area contributed by atoms with Crippen molar-refractivity contribution in [3.63, 3.8) is 0 Å². The molecule has 0 aliphatic heterocycles. The number of rotatable bonds is 4. The van der Waals surface area contributed by atoms with E-state index >= 15 is 0 Å². The summed E-state index contributed by atoms with van der Waals surface area (Å²) in [6, 6.07) is 12.1. The number of nitriles is 1. The number of hydrogen-bond donors (Lipinski definition) is 1. The first-order valence-electron chi connectivity index (χ1n) is 7.20. The predicted octanol–water partition coefficient (Wildman–Crippen LogP) is 2.61. The normalized spacial score (nSPS) is 10.5. The number of nitrogens with zero attached hydrogens (tertiary/aromatic N) is 4. The smallest absolute Gasteiger partial charge is 0.258 e. The number of benzene rings is 1. The summed E-state index contributed by atoms with van der Waals surface area (Å²) in [5.74, 6) is -0.232. The van der Waals surface area contributed by atoms with E-state index in [4.69, 9.17) is 5.26 Å². The topological polar surface area (TPSA) is 81.6 Å². The lowest BCUT2D eigenvalue weighted by atomic mass is 10.1. The Bertz CT molecular complexity index is 928. The number of carbonyl (C=O) groups is 1. The number of hydrogen-bond acceptors (Lipinski definition) is 4. The third kappa shape index (κ3) is 3.02. The van der Waals surface area contributed by atoms with E-state index in [2.05, 4.69) is 21.0 Å². The van der Waals surface area contributed by atoms with Crippen LogP contribution in [0.15, 0.2) is 53.3 Å². The van der Waals surface area contributed by atoms with Gasteiger partial charge in [0.1, 0.15) is 0 Å². The van der Waals surface area contributed by atoms with E-state index in [1.165, 1.54) is 4.90 Å². The molecular formula is C17H13BrN4O2. The van der Waals surface area contributed by atoms with Gasteiger partial charge in [-0.05, 0) is 52.3 Å². The Balaban J connectivity index is 1.98. The third-order valence-corrected chi connectivity index (χ3v) is 4.21. The number of carbonyl (C=O) groups excluding carboxylic acids is 1. The fraction of sp³-hybridized carbons (Fsp3) is 0.118. The van der Waals surface area contributed by atoms with Crippen molar-refractivity contribution in [2.45, 2.75) is 0 Å². The average Bonchev–Trinajstić information content (AvgIpc) is 3.00. The van der Waals surface area contributed by atoms with Gasteiger partial charge in [-0.15, -0.1) is 0 Å². The van der Waals surface area contributed by atoms with Crippen LogP contribution in [0.25, 0.3) is 5.52 Å². The van der Waals surface area contributed by atoms with Gasteiger partial charge < -0.3 is 10.0 Å². The molecule has 0 radical (unpaired) electrons. The van der Waals surface area contributed by atoms with Crippen LogP contribution in [-0.2, 0) is 0 Å². The zero-order valence-corrected chi connectivity index (χ0v) is 14.1. The molecular weight excluding hydrogens is 372 g/mol. The Kier molecular flexibility index (Phi) is 4.60. The quantitative estimate of drug-likeness (QED) is 0.749. The Labute approximate surface area is 146 Å². The predicted molar refractivity (Wildman–Crippen MR) is 92.8 cm³/mol. The molecule has 0 spiro atoms. The van der Waals surface area contributed by atoms with Gasteiger partial charge in [-0.25, -0.2) is 4.52 Å². The lowest BCUT2D eigenvalue weighted by Gasteiger charge is -2.22. The van der Waals surface area contributed by atoms with E-state index < -0.39 is 0 Å². The number of fused-ring (bicyclic) bond motifs is 1. The van der Waals surface area contributed by atoms with Crippen LogP contribution in [0.1, 0.15) is 15.9 Å². The Morgan fingerprint density at radius 2 is 2.08 bits per heavy atom. The molecule has 2 heterocycles. The SMILES string of the molecule is N#Cc1ccc(N(CCO)C(=O)c2ccn3ncc(Br)c3c2)cc1. The maximum absolute atomic E-state index is 12.9. The van der Waals surface area contributed by atoms with Crippen molar-refractivity contribution in [1.29, 1.82) is 5.26 Å². The van der Waals surface area contributed by atoms with E-state index in [9.17, 15) is 9.90 Å². The third-order valence-electron chi connectivity index (χ3n) is 3.60. The highest BCUT2D eigenvalue weighted by Gasteiger charge is 2.18. The van der Waals surface area contributed by atoms with Gasteiger partial charge in [0.2, 0.25) is 0 Å². The minimum Gasteiger partial charge on any atom is -0.395 e. The molecule has 1 amide bonds. The molecule has 0 aliphatic carbocycles. The molecule has 3 rings (SSSR count). The van der Waals surface area contributed by atoms with Crippen molar-refractivity contribution < 1.29 is 9.90 Å². The first-order valence-corrected chi connectivity index (χ1v) is 7.99. The van der Waals surface area contributed by atoms with Crippen molar-refractivity contribution in [3.05, 3.63) is 64.4 Å². The fourth-order valence-electron chi connectivity index (χ4n) is 2.40. The molecule has 120 valence electrons. The van der Waals surface area contributed by atoms with Crippen molar-refractivity contribution in [2.75, 3.05) is 18.1 Å². The van der Waals surface area contributed by atoms with E-state index in [1.54, 1.807) is 53.3 Å². The summed E-state index contributed by atoms with van der Waals surface area (Å²) in [4.78, 5) is 14.4. The highest BCUT2D eigenvalue weighted by Crippen LogP contribution is 2.21. The lowest BCUT2D eigenvalue weighted by molar-refractivity contribution is 0.0981. The fourth-order valence-corrected chi connectivity index (χ4v) is 2.79. The van der Waals surface area contributed by atoms with Gasteiger partial charge in [-0.1, -0.05) is 0 Å². The second kappa shape index (κ2) is 6.83. The molecule has 24 heavy (non-hydrogen) atoms. The van der Waals surface area contributed by atoms with Crippen molar-refractivity contribution in [2.24, 2.45) is 0 Å². The van der Waals surface area contributed by atoms with E-state index in [0.29, 0.717) is 16.8 Å². The van der Waals surface area contributed by atoms with Crippen molar-refractivity contribution >= 4 is 33.0 Å². The van der Waals surface area contributed by atoms with Gasteiger partial charge in [0, 0.05) is 24.0 Å². The summed E-state index contributed by atoms with van der Waals surface area (Å²) in [5, 5.41) is 22.3. The Hall–Kier alpha value is -2.69. The van der Waals surface area contributed by atoms with Crippen LogP contribution in [0, 0.1) is 11.3 Å². The Morgan fingerprint density at radius 1 is 1.33 bits per heavy atom. The van der Waals surface area contributed by atoms with Gasteiger partial charge in [-0.2, -0.15) is 10.4 Å². The van der Waals surface area contributed by atoms with Gasteiger partial charge >= 0.3 is 0 Å². The summed E-state index contributed by atoms with van der Waals surface area (Å²) in [7, 11) is 0. The largest absolute Gasteiger partial charge is 0.395 e. The van der Waals surface area contributed by atoms with Gasteiger partial charge in [0.25, 0.3) is 5.91 Å². The summed E-state index contributed by atoms with van der Waals surface area (Å²) in [6.45, 7) is 0.000702. The average molecular weight is 385 g/mol. The first kappa shape index (κ1) is 16.2. The van der Waals surface area contributed by atoms with Crippen molar-refractivity contribution in [1.82, 2.24) is 9.61 Å². The number of aliphatic hydroxyl groups is 1. The van der Waals surface area contributed by atoms with Crippen LogP contribution >= 0.6 is 15.9 Å². The lowest BCUT2D eigenvalue weighted by Crippen LogP contribution is -2.33. The molecule has 0 bridgehead atoms. The second-order valence-electron chi connectivity index (χ2n) is 5.08. The summed E-state index contributed by atoms with van der Waals surface area (Å²) in [5.41, 5.74) is 2.41. The zero-order chi connectivity index (χ0) is 17.1. The monoisotopic (exact) mass is 384 g/mol. The van der Waals surface area contributed by atoms with Crippen LogP contribution in [0.2, 0.25) is 0 Å². The standard InChI is InChI=1S/C17H13BrN4O2/c18-15-11-20-22-6-5-13(9-16(15)22)17(24)21(7-8-23)14-3-1-12(10-19)2-4-14/h1-6,9,11,23H,7-8H2. The minimum atomic E-state index is -0.232. The maximum atomic E-state index is 12.9. The van der Waals surface area contributed by atoms with E-state index in [1.807, 2.05) is 6.07 Å². The van der Waals surface area contributed by atoms with Crippen LogP contribution in [0.4, 0.5) is 5.69 Å². The molecule has 0 saturated heterocycles. The molecule has 0 atom stereocenters. The van der Waals surface area contributed by atoms with Crippen LogP contribution in [-0.4, -0.2) is 33.8 Å². The molecule has 0 unspecified atom stereocenters. The van der Waals surface area contributed by atoms with E-state index in [0.717, 1.165) is 9.99 Å². The summed E-state index contributed by atoms with van der Waals surface area (Å²) in [6.07, 6.45) is 3.37. The molecule has 2 aromatic heterocycles.